The molecule has 0 bridgehead atoms. The number of hydrogen-bond acceptors (Lipinski definition) is 3. The molecule has 0 aliphatic carbocycles. The Morgan fingerprint density at radius 2 is 2.53 bits per heavy atom. The van der Waals surface area contributed by atoms with E-state index in [1.165, 1.54) is 5.56 Å². The third kappa shape index (κ3) is 2.69. The van der Waals surface area contributed by atoms with E-state index in [2.05, 4.69) is 27.0 Å². The van der Waals surface area contributed by atoms with Crippen LogP contribution in [0.25, 0.3) is 0 Å². The maximum atomic E-state index is 12.3. The van der Waals surface area contributed by atoms with E-state index in [9.17, 15) is 4.79 Å². The highest BCUT2D eigenvalue weighted by Gasteiger charge is 2.32. The Bertz CT molecular complexity index is 364. The first-order valence-corrected chi connectivity index (χ1v) is 7.15. The van der Waals surface area contributed by atoms with Gasteiger partial charge in [-0.25, -0.2) is 0 Å². The van der Waals surface area contributed by atoms with E-state index >= 15 is 0 Å². The lowest BCUT2D eigenvalue weighted by Crippen LogP contribution is -2.38. The van der Waals surface area contributed by atoms with E-state index in [0.29, 0.717) is 6.04 Å². The number of carbonyl (C=O) groups excluding carboxylic acids is 1. The third-order valence-corrected chi connectivity index (χ3v) is 4.10. The minimum absolute atomic E-state index is 0.0687. The standard InChI is InChI=1S/C13H20N2OS/c1-10(8-14-2)13(16)15-6-3-4-12(15)11-5-7-17-9-11/h5,7,9-10,12,14H,3-4,6,8H2,1-2H3. The highest BCUT2D eigenvalue weighted by molar-refractivity contribution is 7.07. The summed E-state index contributed by atoms with van der Waals surface area (Å²) in [5.41, 5.74) is 1.30. The van der Waals surface area contributed by atoms with Gasteiger partial charge in [0.1, 0.15) is 0 Å². The average molecular weight is 252 g/mol. The number of likely N-dealkylation sites (tertiary alicyclic amines) is 1. The van der Waals surface area contributed by atoms with Crippen molar-refractivity contribution in [3.05, 3.63) is 22.4 Å². The summed E-state index contributed by atoms with van der Waals surface area (Å²) in [5, 5.41) is 7.33. The van der Waals surface area contributed by atoms with E-state index in [4.69, 9.17) is 0 Å². The zero-order chi connectivity index (χ0) is 12.3. The van der Waals surface area contributed by atoms with Gasteiger partial charge in [-0.15, -0.1) is 0 Å². The Balaban J connectivity index is 2.07. The summed E-state index contributed by atoms with van der Waals surface area (Å²) in [5.74, 6) is 0.354. The third-order valence-electron chi connectivity index (χ3n) is 3.40. The van der Waals surface area contributed by atoms with E-state index < -0.39 is 0 Å². The largest absolute Gasteiger partial charge is 0.335 e. The molecule has 2 unspecified atom stereocenters. The molecule has 1 fully saturated rings. The van der Waals surface area contributed by atoms with Crippen molar-refractivity contribution in [2.24, 2.45) is 5.92 Å². The molecule has 1 amide bonds. The van der Waals surface area contributed by atoms with Gasteiger partial charge in [0, 0.05) is 19.0 Å². The zero-order valence-electron chi connectivity index (χ0n) is 10.5. The first-order chi connectivity index (χ1) is 8.24. The molecule has 2 atom stereocenters. The van der Waals surface area contributed by atoms with Crippen molar-refractivity contribution < 1.29 is 4.79 Å². The fourth-order valence-electron chi connectivity index (χ4n) is 2.52. The molecule has 3 nitrogen and oxygen atoms in total. The van der Waals surface area contributed by atoms with Crippen molar-refractivity contribution in [1.82, 2.24) is 10.2 Å². The number of carbonyl (C=O) groups is 1. The molecule has 1 aliphatic rings. The van der Waals surface area contributed by atoms with Crippen LogP contribution in [-0.4, -0.2) is 30.9 Å². The van der Waals surface area contributed by atoms with Crippen LogP contribution in [0.15, 0.2) is 16.8 Å². The van der Waals surface area contributed by atoms with Gasteiger partial charge in [0.15, 0.2) is 0 Å². The predicted molar refractivity (Wildman–Crippen MR) is 71.1 cm³/mol. The Hall–Kier alpha value is -0.870. The summed E-state index contributed by atoms with van der Waals surface area (Å²) in [6.45, 7) is 3.67. The lowest BCUT2D eigenvalue weighted by Gasteiger charge is -2.27. The second kappa shape index (κ2) is 5.65. The Morgan fingerprint density at radius 3 is 3.18 bits per heavy atom. The highest BCUT2D eigenvalue weighted by atomic mass is 32.1. The lowest BCUT2D eigenvalue weighted by atomic mass is 10.1. The van der Waals surface area contributed by atoms with Gasteiger partial charge < -0.3 is 10.2 Å². The quantitative estimate of drug-likeness (QED) is 0.891. The summed E-state index contributed by atoms with van der Waals surface area (Å²) in [4.78, 5) is 14.4. The summed E-state index contributed by atoms with van der Waals surface area (Å²) >= 11 is 1.71. The van der Waals surface area contributed by atoms with Crippen LogP contribution < -0.4 is 5.32 Å². The maximum absolute atomic E-state index is 12.3. The van der Waals surface area contributed by atoms with Crippen molar-refractivity contribution in [2.75, 3.05) is 20.1 Å². The van der Waals surface area contributed by atoms with Gasteiger partial charge >= 0.3 is 0 Å². The van der Waals surface area contributed by atoms with Crippen LogP contribution in [0.1, 0.15) is 31.4 Å². The zero-order valence-corrected chi connectivity index (χ0v) is 11.3. The van der Waals surface area contributed by atoms with Crippen molar-refractivity contribution in [1.29, 1.82) is 0 Å². The van der Waals surface area contributed by atoms with Gasteiger partial charge in [0.2, 0.25) is 5.91 Å². The van der Waals surface area contributed by atoms with Gasteiger partial charge in [-0.05, 0) is 42.3 Å². The molecule has 0 saturated carbocycles. The Kier molecular flexibility index (Phi) is 4.18. The molecule has 17 heavy (non-hydrogen) atoms. The van der Waals surface area contributed by atoms with Gasteiger partial charge in [-0.1, -0.05) is 6.92 Å². The van der Waals surface area contributed by atoms with Crippen molar-refractivity contribution in [2.45, 2.75) is 25.8 Å². The van der Waals surface area contributed by atoms with Crippen LogP contribution >= 0.6 is 11.3 Å². The van der Waals surface area contributed by atoms with Crippen LogP contribution in [0, 0.1) is 5.92 Å². The molecule has 0 spiro atoms. The molecule has 94 valence electrons. The molecule has 0 radical (unpaired) electrons. The van der Waals surface area contributed by atoms with Crippen LogP contribution in [0.3, 0.4) is 0 Å². The molecule has 4 heteroatoms. The van der Waals surface area contributed by atoms with Crippen LogP contribution in [0.5, 0.6) is 0 Å². The summed E-state index contributed by atoms with van der Waals surface area (Å²) in [7, 11) is 1.89. The summed E-state index contributed by atoms with van der Waals surface area (Å²) in [6, 6.07) is 2.46. The van der Waals surface area contributed by atoms with Crippen molar-refractivity contribution >= 4 is 17.2 Å². The second-order valence-electron chi connectivity index (χ2n) is 4.71. The van der Waals surface area contributed by atoms with Gasteiger partial charge in [-0.3, -0.25) is 4.79 Å². The first kappa shape index (κ1) is 12.6. The Morgan fingerprint density at radius 1 is 1.71 bits per heavy atom. The van der Waals surface area contributed by atoms with Crippen LogP contribution in [0.4, 0.5) is 0 Å². The number of nitrogens with zero attached hydrogens (tertiary/aromatic N) is 1. The minimum atomic E-state index is 0.0687. The maximum Gasteiger partial charge on any atom is 0.227 e. The molecule has 1 aromatic rings. The lowest BCUT2D eigenvalue weighted by molar-refractivity contribution is -0.135. The smallest absolute Gasteiger partial charge is 0.227 e. The number of rotatable bonds is 4. The monoisotopic (exact) mass is 252 g/mol. The molecule has 0 aromatic carbocycles. The number of hydrogen-bond donors (Lipinski definition) is 1. The average Bonchev–Trinajstić information content (AvgIpc) is 2.98. The van der Waals surface area contributed by atoms with E-state index in [0.717, 1.165) is 25.9 Å². The second-order valence-corrected chi connectivity index (χ2v) is 5.49. The van der Waals surface area contributed by atoms with E-state index in [1.54, 1.807) is 11.3 Å². The Labute approximate surface area is 107 Å². The number of amides is 1. The molecule has 2 heterocycles. The van der Waals surface area contributed by atoms with Crippen LogP contribution in [0.2, 0.25) is 0 Å². The normalized spacial score (nSPS) is 21.8. The van der Waals surface area contributed by atoms with Gasteiger partial charge in [0.25, 0.3) is 0 Å². The fourth-order valence-corrected chi connectivity index (χ4v) is 3.23. The molecular weight excluding hydrogens is 232 g/mol. The topological polar surface area (TPSA) is 32.3 Å². The fraction of sp³-hybridized carbons (Fsp3) is 0.615. The molecule has 1 aliphatic heterocycles. The predicted octanol–water partition coefficient (Wildman–Crippen LogP) is 2.27. The summed E-state index contributed by atoms with van der Waals surface area (Å²) < 4.78 is 0. The van der Waals surface area contributed by atoms with Gasteiger partial charge in [-0.2, -0.15) is 11.3 Å². The van der Waals surface area contributed by atoms with Crippen LogP contribution in [-0.2, 0) is 4.79 Å². The molecule has 1 aromatic heterocycles. The number of thiophene rings is 1. The van der Waals surface area contributed by atoms with Gasteiger partial charge in [0.05, 0.1) is 6.04 Å². The summed E-state index contributed by atoms with van der Waals surface area (Å²) in [6.07, 6.45) is 2.23. The molecule has 1 saturated heterocycles. The van der Waals surface area contributed by atoms with Crippen molar-refractivity contribution in [3.8, 4) is 0 Å². The molecule has 1 N–H and O–H groups in total. The molecule has 2 rings (SSSR count). The minimum Gasteiger partial charge on any atom is -0.335 e. The SMILES string of the molecule is CNCC(C)C(=O)N1CCCC1c1ccsc1. The highest BCUT2D eigenvalue weighted by Crippen LogP contribution is 2.33. The first-order valence-electron chi connectivity index (χ1n) is 6.21. The number of nitrogens with one attached hydrogen (secondary N) is 1. The van der Waals surface area contributed by atoms with Crippen molar-refractivity contribution in [3.63, 3.8) is 0 Å². The molecular formula is C13H20N2OS. The van der Waals surface area contributed by atoms with E-state index in [1.807, 2.05) is 14.0 Å². The van der Waals surface area contributed by atoms with E-state index in [-0.39, 0.29) is 11.8 Å².